The van der Waals surface area contributed by atoms with Crippen molar-refractivity contribution in [3.63, 3.8) is 0 Å². The summed E-state index contributed by atoms with van der Waals surface area (Å²) in [7, 11) is 1.69. The molecule has 0 saturated carbocycles. The minimum Gasteiger partial charge on any atom is -0.481 e. The zero-order valence-electron chi connectivity index (χ0n) is 69.8. The number of nitrogens with zero attached hydrogens (tertiary/aromatic N) is 3. The Hall–Kier alpha value is -11.7. The summed E-state index contributed by atoms with van der Waals surface area (Å²) >= 11 is 0. The average molecular weight is 1770 g/mol. The quantitative estimate of drug-likeness (QED) is 0.0387. The minimum atomic E-state index is -1.93. The fourth-order valence-electron chi connectivity index (χ4n) is 15.3. The molecule has 41 nitrogen and oxygen atoms in total. The average Bonchev–Trinajstić information content (AvgIpc) is 1.63. The second kappa shape index (κ2) is 45.1. The van der Waals surface area contributed by atoms with Crippen molar-refractivity contribution in [2.24, 2.45) is 23.5 Å². The number of aromatic amines is 3. The van der Waals surface area contributed by atoms with E-state index < -0.39 is 254 Å². The largest absolute Gasteiger partial charge is 0.481 e. The van der Waals surface area contributed by atoms with E-state index in [1.165, 1.54) is 19.4 Å². The number of rotatable bonds is 18. The van der Waals surface area contributed by atoms with E-state index in [-0.39, 0.29) is 82.0 Å². The Bertz CT molecular complexity index is 4690. The van der Waals surface area contributed by atoms with Gasteiger partial charge in [0, 0.05) is 121 Å². The molecule has 0 unspecified atom stereocenters. The number of para-hydroxylation sites is 2. The molecule has 2 aromatic carbocycles. The number of benzene rings is 2. The van der Waals surface area contributed by atoms with Crippen LogP contribution < -0.4 is 74.9 Å². The first-order valence-electron chi connectivity index (χ1n) is 41.2. The molecule has 4 fully saturated rings. The van der Waals surface area contributed by atoms with Crippen LogP contribution >= 0.6 is 21.6 Å². The molecule has 674 valence electrons. The summed E-state index contributed by atoms with van der Waals surface area (Å²) in [4.78, 5) is 262. The molecule has 0 spiro atoms. The number of amides is 15. The van der Waals surface area contributed by atoms with Gasteiger partial charge in [0.2, 0.25) is 88.6 Å². The lowest BCUT2D eigenvalue weighted by Gasteiger charge is -2.34. The molecular weight excluding hydrogens is 1650 g/mol. The summed E-state index contributed by atoms with van der Waals surface area (Å²) in [6, 6.07) is -8.97. The number of carboxylic acids is 2. The molecular formula is C81H112N20O21S2. The van der Waals surface area contributed by atoms with Crippen molar-refractivity contribution >= 4 is 144 Å². The number of carboxylic acid groups (broad SMARTS) is 2. The number of imidazole rings is 1. The number of nitrogens with one attached hydrogen (secondary N) is 16. The van der Waals surface area contributed by atoms with Crippen LogP contribution in [-0.2, 0) is 101 Å². The molecule has 3 aromatic heterocycles. The van der Waals surface area contributed by atoms with Crippen molar-refractivity contribution in [3.8, 4) is 0 Å². The lowest BCUT2D eigenvalue weighted by molar-refractivity contribution is -0.149. The maximum Gasteiger partial charge on any atom is 0.305 e. The van der Waals surface area contributed by atoms with Crippen LogP contribution in [0.5, 0.6) is 0 Å². The Morgan fingerprint density at radius 1 is 0.524 bits per heavy atom. The zero-order chi connectivity index (χ0) is 90.3. The fraction of sp³-hybridized carbons (Fsp3) is 0.556. The Labute approximate surface area is 721 Å². The SMILES string of the molecule is CC(C)C[C@@H]1NC(=O)[C@H](Cc2cnc[nH]2)NC(=O)C[C@H](Cc2c[nH]c3ccccc23)NC(=O)[C@H](CO)NC(=O)C[C@@H]2CSSC[C@H](NC(=O)[C@H](Cc3c[nH]c4ccccc34)NC(=O)[C@H](C(C)C)NC(=O)[C@H](CC(C)C)NC(=O)[C@H](CCC(=O)O)NC(=O)CNC1=O)C(=O)N[C@@H]([C@@H](C)O)C(=O)N1CCC[C@@H]1C(=O)N1C[C@@H](N)C[C@H]1C(=O)N[C@@H](CC(=O)O)C(=O)N2. The lowest BCUT2D eigenvalue weighted by Crippen LogP contribution is -2.62. The van der Waals surface area contributed by atoms with Gasteiger partial charge in [0.25, 0.3) is 0 Å². The number of aliphatic hydroxyl groups is 2. The maximum absolute atomic E-state index is 15.5. The lowest BCUT2D eigenvalue weighted by atomic mass is 9.98. The predicted molar refractivity (Wildman–Crippen MR) is 451 cm³/mol. The molecule has 0 aliphatic carbocycles. The fourth-order valence-corrected chi connectivity index (χ4v) is 17.7. The summed E-state index contributed by atoms with van der Waals surface area (Å²) in [5.74, 6) is -20.2. The number of hydrogen-bond donors (Lipinski definition) is 21. The van der Waals surface area contributed by atoms with E-state index in [2.05, 4.69) is 89.1 Å². The first-order valence-corrected chi connectivity index (χ1v) is 43.7. The first-order chi connectivity index (χ1) is 58.9. The van der Waals surface area contributed by atoms with Crippen LogP contribution in [0.15, 0.2) is 73.4 Å². The summed E-state index contributed by atoms with van der Waals surface area (Å²) in [6.07, 6.45) is -0.324. The second-order valence-electron chi connectivity index (χ2n) is 32.8. The monoisotopic (exact) mass is 1760 g/mol. The van der Waals surface area contributed by atoms with Gasteiger partial charge in [-0.25, -0.2) is 4.98 Å². The smallest absolute Gasteiger partial charge is 0.305 e. The van der Waals surface area contributed by atoms with E-state index in [1.54, 1.807) is 102 Å². The number of H-pyrrole nitrogens is 3. The van der Waals surface area contributed by atoms with Gasteiger partial charge in [-0.3, -0.25) is 81.5 Å². The third kappa shape index (κ3) is 27.2. The second-order valence-corrected chi connectivity index (χ2v) is 35.4. The van der Waals surface area contributed by atoms with Gasteiger partial charge in [0.05, 0.1) is 32.0 Å². The van der Waals surface area contributed by atoms with E-state index in [0.29, 0.717) is 38.6 Å². The van der Waals surface area contributed by atoms with Gasteiger partial charge >= 0.3 is 11.9 Å². The highest BCUT2D eigenvalue weighted by molar-refractivity contribution is 8.76. The summed E-state index contributed by atoms with van der Waals surface area (Å²) in [5, 5.41) is 77.7. The van der Waals surface area contributed by atoms with Gasteiger partial charge in [-0.05, 0) is 92.9 Å². The highest BCUT2D eigenvalue weighted by Gasteiger charge is 2.48. The third-order valence-corrected chi connectivity index (χ3v) is 24.1. The van der Waals surface area contributed by atoms with Gasteiger partial charge in [0.15, 0.2) is 0 Å². The van der Waals surface area contributed by atoms with Crippen molar-refractivity contribution < 1.29 is 102 Å². The highest BCUT2D eigenvalue weighted by Crippen LogP contribution is 2.30. The minimum absolute atomic E-state index is 0.0167. The van der Waals surface area contributed by atoms with Gasteiger partial charge in [-0.15, -0.1) is 0 Å². The first kappa shape index (κ1) is 96.1. The maximum atomic E-state index is 15.5. The Morgan fingerprint density at radius 3 is 1.69 bits per heavy atom. The Morgan fingerprint density at radius 2 is 1.07 bits per heavy atom. The van der Waals surface area contributed by atoms with E-state index in [0.717, 1.165) is 31.4 Å². The van der Waals surface area contributed by atoms with Crippen LogP contribution in [0.25, 0.3) is 21.8 Å². The molecule has 15 amide bonds. The highest BCUT2D eigenvalue weighted by atomic mass is 33.1. The van der Waals surface area contributed by atoms with Gasteiger partial charge in [0.1, 0.15) is 72.5 Å². The standard InChI is InChI=1S/C81H112N20O21S2/c1-39(2)21-54-70(111)86-33-65(106)90-53(18-19-66(107)108)71(112)94-55(22-40(3)4)75(116)98-68(41(5)6)79(120)96-56(24-44-31-85-52-16-11-9-14-50(44)52)73(114)97-60-37-124-123-36-48(89-72(113)58(29-67(109)110)95-78(119)62-25-45(82)34-101(62)80(121)61-17-12-20-100(61)81(122)69(42(7)103)99-77(60)118)28-64(105)92-59(35-102)76(117)88-46(23-43-30-84-51-15-10-8-13-49(43)51)27-63(104)91-57(74(115)93-54)26-47-32-83-38-87-47/h8-11,13-16,30-32,38-42,45-46,48,53-62,68-69,84-85,102-103H,12,17-29,33-37,82H2,1-7H3,(H,83,87)(H,86,111)(H,88,117)(H,89,113)(H,90,106)(H,91,104)(H,92,105)(H,93,115)(H,94,112)(H,95,119)(H,96,120)(H,97,114)(H,98,116)(H,99,118)(H,107,108)(H,109,110)/t42-,45+,46+,48-,53+,54+,55+,56+,57+,58+,59+,60+,61-,62+,68+,69+/m1/s1. The van der Waals surface area contributed by atoms with E-state index in [1.807, 2.05) is 0 Å². The van der Waals surface area contributed by atoms with Gasteiger partial charge < -0.3 is 120 Å². The molecule has 5 aromatic rings. The number of nitrogens with two attached hydrogens (primary N) is 1. The van der Waals surface area contributed by atoms with Crippen LogP contribution in [0.3, 0.4) is 0 Å². The third-order valence-electron chi connectivity index (χ3n) is 21.6. The molecule has 0 radical (unpaired) electrons. The topological polar surface area (TPSA) is 620 Å². The normalized spacial score (nSPS) is 26.8. The van der Waals surface area contributed by atoms with Crippen LogP contribution in [-0.4, -0.2) is 285 Å². The summed E-state index contributed by atoms with van der Waals surface area (Å²) in [5.41, 5.74) is 9.06. The number of hydrogen-bond acceptors (Lipinski definition) is 23. The molecule has 4 saturated heterocycles. The van der Waals surface area contributed by atoms with Crippen LogP contribution in [0.1, 0.15) is 129 Å². The van der Waals surface area contributed by atoms with Crippen molar-refractivity contribution in [1.82, 2.24) is 98.9 Å². The molecule has 124 heavy (non-hydrogen) atoms. The number of aliphatic carboxylic acids is 2. The molecule has 2 bridgehead atoms. The summed E-state index contributed by atoms with van der Waals surface area (Å²) < 4.78 is 0. The van der Waals surface area contributed by atoms with E-state index in [4.69, 9.17) is 5.73 Å². The Kier molecular flexibility index (Phi) is 35.0. The Balaban J connectivity index is 1.12. The van der Waals surface area contributed by atoms with Gasteiger partial charge in [-0.2, -0.15) is 0 Å². The number of carbonyl (C=O) groups excluding carboxylic acids is 15. The predicted octanol–water partition coefficient (Wildman–Crippen LogP) is -3.10. The molecule has 9 rings (SSSR count). The molecule has 16 atom stereocenters. The van der Waals surface area contributed by atoms with Crippen molar-refractivity contribution in [2.75, 3.05) is 37.7 Å². The van der Waals surface area contributed by atoms with Crippen LogP contribution in [0, 0.1) is 17.8 Å². The van der Waals surface area contributed by atoms with Crippen LogP contribution in [0.4, 0.5) is 0 Å². The number of aromatic nitrogens is 4. The van der Waals surface area contributed by atoms with E-state index in [9.17, 15) is 87.5 Å². The van der Waals surface area contributed by atoms with Crippen molar-refractivity contribution in [2.45, 2.75) is 229 Å². The summed E-state index contributed by atoms with van der Waals surface area (Å²) in [6.45, 7) is 8.93. The molecule has 22 N–H and O–H groups in total. The van der Waals surface area contributed by atoms with Crippen molar-refractivity contribution in [1.29, 1.82) is 0 Å². The van der Waals surface area contributed by atoms with Crippen molar-refractivity contribution in [3.05, 3.63) is 90.3 Å². The van der Waals surface area contributed by atoms with Gasteiger partial charge in [-0.1, -0.05) is 99.5 Å². The molecule has 7 heterocycles. The molecule has 43 heteroatoms. The zero-order valence-corrected chi connectivity index (χ0v) is 71.4. The number of carbonyl (C=O) groups is 17. The van der Waals surface area contributed by atoms with E-state index >= 15 is 14.4 Å². The molecule has 4 aliphatic heterocycles. The molecule has 4 aliphatic rings. The number of aliphatic hydroxyl groups excluding tert-OH is 2. The number of fused-ring (bicyclic) bond motifs is 9. The van der Waals surface area contributed by atoms with Crippen LogP contribution in [0.2, 0.25) is 0 Å².